The normalized spacial score (nSPS) is 51.1. The third-order valence-electron chi connectivity index (χ3n) is 7.19. The fourth-order valence-corrected chi connectivity index (χ4v) is 5.83. The first-order chi connectivity index (χ1) is 10.1. The first-order valence-electron chi connectivity index (χ1n) is 8.71. The van der Waals surface area contributed by atoms with E-state index in [1.165, 1.54) is 24.8 Å². The summed E-state index contributed by atoms with van der Waals surface area (Å²) in [4.78, 5) is 12.4. The van der Waals surface area contributed by atoms with Gasteiger partial charge in [-0.25, -0.2) is 0 Å². The average molecular weight is 302 g/mol. The van der Waals surface area contributed by atoms with Crippen LogP contribution in [0, 0.1) is 28.6 Å². The zero-order chi connectivity index (χ0) is 16.3. The van der Waals surface area contributed by atoms with E-state index in [1.807, 2.05) is 0 Å². The number of fused-ring (bicyclic) bond motifs is 3. The second kappa shape index (κ2) is 4.80. The summed E-state index contributed by atoms with van der Waals surface area (Å²) in [5.74, 6) is 1.65. The third-order valence-corrected chi connectivity index (χ3v) is 7.19. The van der Waals surface area contributed by atoms with Crippen LogP contribution in [0.2, 0.25) is 0 Å². The van der Waals surface area contributed by atoms with Gasteiger partial charge in [0.2, 0.25) is 0 Å². The quantitative estimate of drug-likeness (QED) is 0.734. The number of hydrogen-bond acceptors (Lipinski definition) is 2. The molecule has 6 unspecified atom stereocenters. The number of rotatable bonds is 1. The van der Waals surface area contributed by atoms with Gasteiger partial charge in [0.1, 0.15) is 5.60 Å². The number of carbonyl (C=O) groups excluding carboxylic acids is 1. The van der Waals surface area contributed by atoms with E-state index in [1.54, 1.807) is 13.0 Å². The summed E-state index contributed by atoms with van der Waals surface area (Å²) in [6.07, 6.45) is 9.14. The van der Waals surface area contributed by atoms with Crippen molar-refractivity contribution in [2.24, 2.45) is 28.6 Å². The molecule has 3 aliphatic rings. The van der Waals surface area contributed by atoms with Crippen molar-refractivity contribution in [2.75, 3.05) is 0 Å². The van der Waals surface area contributed by atoms with Gasteiger partial charge in [-0.3, -0.25) is 4.79 Å². The van der Waals surface area contributed by atoms with Crippen LogP contribution < -0.4 is 0 Å². The van der Waals surface area contributed by atoms with Crippen molar-refractivity contribution in [1.29, 1.82) is 0 Å². The molecule has 0 spiro atoms. The van der Waals surface area contributed by atoms with E-state index in [0.29, 0.717) is 24.2 Å². The molecule has 0 bridgehead atoms. The molecule has 6 atom stereocenters. The molecule has 2 nitrogen and oxygen atoms in total. The number of Topliss-reactive ketones (excluding diaryl/α,β-unsaturated/α-hetero) is 1. The monoisotopic (exact) mass is 302 g/mol. The molecule has 3 rings (SSSR count). The SMILES string of the molecule is C=C(C)C1CCC2(C)C1CCC1(C)CC(=O)C(C)(O)C=CC12. The van der Waals surface area contributed by atoms with Gasteiger partial charge in [-0.15, -0.1) is 0 Å². The van der Waals surface area contributed by atoms with Crippen molar-refractivity contribution in [3.63, 3.8) is 0 Å². The molecule has 2 heteroatoms. The molecular weight excluding hydrogens is 272 g/mol. The van der Waals surface area contributed by atoms with Gasteiger partial charge >= 0.3 is 0 Å². The van der Waals surface area contributed by atoms with Gasteiger partial charge in [0.25, 0.3) is 0 Å². The van der Waals surface area contributed by atoms with Crippen LogP contribution in [0.1, 0.15) is 59.8 Å². The predicted octanol–water partition coefficient (Wildman–Crippen LogP) is 4.29. The second-order valence-electron chi connectivity index (χ2n) is 8.88. The Kier molecular flexibility index (Phi) is 3.49. The highest BCUT2D eigenvalue weighted by Gasteiger charge is 2.58. The zero-order valence-electron chi connectivity index (χ0n) is 14.5. The van der Waals surface area contributed by atoms with Crippen molar-refractivity contribution >= 4 is 5.78 Å². The Morgan fingerprint density at radius 2 is 1.95 bits per heavy atom. The van der Waals surface area contributed by atoms with Gasteiger partial charge in [-0.2, -0.15) is 0 Å². The molecular formula is C20H30O2. The Labute approximate surface area is 134 Å². The largest absolute Gasteiger partial charge is 0.378 e. The van der Waals surface area contributed by atoms with Crippen LogP contribution in [0.15, 0.2) is 24.3 Å². The van der Waals surface area contributed by atoms with Crippen LogP contribution in [0.3, 0.4) is 0 Å². The number of aliphatic hydroxyl groups is 1. The minimum Gasteiger partial charge on any atom is -0.378 e. The lowest BCUT2D eigenvalue weighted by Gasteiger charge is -2.53. The lowest BCUT2D eigenvalue weighted by atomic mass is 9.51. The molecule has 0 aromatic heterocycles. The van der Waals surface area contributed by atoms with E-state index in [4.69, 9.17) is 0 Å². The maximum atomic E-state index is 12.4. The number of allylic oxidation sites excluding steroid dienone is 2. The first-order valence-corrected chi connectivity index (χ1v) is 8.71. The fraction of sp³-hybridized carbons (Fsp3) is 0.750. The van der Waals surface area contributed by atoms with Crippen molar-refractivity contribution in [3.05, 3.63) is 24.3 Å². The first kappa shape index (κ1) is 16.0. The highest BCUT2D eigenvalue weighted by Crippen LogP contribution is 2.65. The predicted molar refractivity (Wildman–Crippen MR) is 89.4 cm³/mol. The van der Waals surface area contributed by atoms with Crippen molar-refractivity contribution in [2.45, 2.75) is 65.4 Å². The van der Waals surface area contributed by atoms with Crippen molar-refractivity contribution < 1.29 is 9.90 Å². The Morgan fingerprint density at radius 1 is 1.27 bits per heavy atom. The van der Waals surface area contributed by atoms with Crippen LogP contribution in [0.25, 0.3) is 0 Å². The molecule has 0 heterocycles. The zero-order valence-corrected chi connectivity index (χ0v) is 14.5. The Hall–Kier alpha value is -0.890. The van der Waals surface area contributed by atoms with Gasteiger partial charge < -0.3 is 5.11 Å². The highest BCUT2D eigenvalue weighted by atomic mass is 16.3. The van der Waals surface area contributed by atoms with Crippen LogP contribution in [0.4, 0.5) is 0 Å². The van der Waals surface area contributed by atoms with E-state index in [-0.39, 0.29) is 16.6 Å². The topological polar surface area (TPSA) is 37.3 Å². The molecule has 0 aromatic rings. The minimum atomic E-state index is -1.29. The number of ketones is 1. The molecule has 0 amide bonds. The second-order valence-corrected chi connectivity index (χ2v) is 8.88. The number of hydrogen-bond donors (Lipinski definition) is 1. The molecule has 3 aliphatic carbocycles. The summed E-state index contributed by atoms with van der Waals surface area (Å²) in [5.41, 5.74) is 0.244. The minimum absolute atomic E-state index is 0.0106. The Bertz CT molecular complexity index is 544. The lowest BCUT2D eigenvalue weighted by molar-refractivity contribution is -0.136. The molecule has 2 fully saturated rings. The molecule has 0 radical (unpaired) electrons. The summed E-state index contributed by atoms with van der Waals surface area (Å²) >= 11 is 0. The smallest absolute Gasteiger partial charge is 0.168 e. The van der Waals surface area contributed by atoms with Crippen LogP contribution in [-0.2, 0) is 4.79 Å². The van der Waals surface area contributed by atoms with E-state index in [0.717, 1.165) is 6.42 Å². The third kappa shape index (κ3) is 2.14. The van der Waals surface area contributed by atoms with Crippen molar-refractivity contribution in [1.82, 2.24) is 0 Å². The highest BCUT2D eigenvalue weighted by molar-refractivity contribution is 5.89. The van der Waals surface area contributed by atoms with Gasteiger partial charge in [-0.1, -0.05) is 32.1 Å². The van der Waals surface area contributed by atoms with Crippen LogP contribution in [-0.4, -0.2) is 16.5 Å². The average Bonchev–Trinajstić information content (AvgIpc) is 2.70. The summed E-state index contributed by atoms with van der Waals surface area (Å²) in [7, 11) is 0. The molecule has 2 saturated carbocycles. The van der Waals surface area contributed by atoms with E-state index in [9.17, 15) is 9.90 Å². The molecule has 0 saturated heterocycles. The molecule has 22 heavy (non-hydrogen) atoms. The van der Waals surface area contributed by atoms with Gasteiger partial charge in [0.05, 0.1) is 0 Å². The Balaban J connectivity index is 2.02. The summed E-state index contributed by atoms with van der Waals surface area (Å²) < 4.78 is 0. The molecule has 1 N–H and O–H groups in total. The van der Waals surface area contributed by atoms with E-state index >= 15 is 0 Å². The molecule has 0 aromatic carbocycles. The standard InChI is InChI=1S/C20H30O2/c1-13(2)14-6-10-19(4)15(14)7-9-18(3)12-17(21)20(5,22)11-8-16(18)19/h8,11,14-16,22H,1,6-7,9-10,12H2,2-5H3. The number of carbonyl (C=O) groups is 1. The van der Waals surface area contributed by atoms with Gasteiger partial charge in [0.15, 0.2) is 5.78 Å². The fourth-order valence-electron chi connectivity index (χ4n) is 5.83. The summed E-state index contributed by atoms with van der Waals surface area (Å²) in [6, 6.07) is 0. The molecule has 0 aliphatic heterocycles. The summed E-state index contributed by atoms with van der Waals surface area (Å²) in [6.45, 7) is 12.7. The van der Waals surface area contributed by atoms with E-state index < -0.39 is 5.60 Å². The maximum absolute atomic E-state index is 12.4. The van der Waals surface area contributed by atoms with Gasteiger partial charge in [0, 0.05) is 6.42 Å². The summed E-state index contributed by atoms with van der Waals surface area (Å²) in [5, 5.41) is 10.4. The van der Waals surface area contributed by atoms with E-state index in [2.05, 4.69) is 33.4 Å². The Morgan fingerprint density at radius 3 is 2.59 bits per heavy atom. The lowest BCUT2D eigenvalue weighted by Crippen LogP contribution is -2.47. The van der Waals surface area contributed by atoms with Gasteiger partial charge in [-0.05, 0) is 74.2 Å². The maximum Gasteiger partial charge on any atom is 0.168 e. The van der Waals surface area contributed by atoms with Crippen LogP contribution >= 0.6 is 0 Å². The molecule has 122 valence electrons. The van der Waals surface area contributed by atoms with Crippen LogP contribution in [0.5, 0.6) is 0 Å². The van der Waals surface area contributed by atoms with Crippen molar-refractivity contribution in [3.8, 4) is 0 Å².